The van der Waals surface area contributed by atoms with Gasteiger partial charge in [0.1, 0.15) is 0 Å². The lowest BCUT2D eigenvalue weighted by Crippen LogP contribution is -2.14. The normalized spacial score (nSPS) is 11.1. The highest BCUT2D eigenvalue weighted by Gasteiger charge is 2.11. The van der Waals surface area contributed by atoms with Gasteiger partial charge in [0.25, 0.3) is 5.91 Å². The van der Waals surface area contributed by atoms with Crippen LogP contribution in [0.2, 0.25) is 10.0 Å². The van der Waals surface area contributed by atoms with Crippen LogP contribution in [-0.4, -0.2) is 20.6 Å². The zero-order valence-corrected chi connectivity index (χ0v) is 14.7. The molecule has 2 rings (SSSR count). The Morgan fingerprint density at radius 3 is 2.22 bits per heavy atom. The van der Waals surface area contributed by atoms with Gasteiger partial charge in [-0.25, -0.2) is 8.42 Å². The van der Waals surface area contributed by atoms with E-state index < -0.39 is 15.9 Å². The first-order valence-corrected chi connectivity index (χ1v) is 9.15. The van der Waals surface area contributed by atoms with E-state index in [1.807, 2.05) is 0 Å². The van der Waals surface area contributed by atoms with Crippen molar-refractivity contribution >= 4 is 50.5 Å². The molecule has 0 spiro atoms. The van der Waals surface area contributed by atoms with E-state index in [1.54, 1.807) is 37.3 Å². The molecule has 23 heavy (non-hydrogen) atoms. The molecule has 2 aromatic carbocycles. The van der Waals surface area contributed by atoms with Crippen molar-refractivity contribution in [1.29, 1.82) is 0 Å². The van der Waals surface area contributed by atoms with Gasteiger partial charge in [-0.2, -0.15) is 0 Å². The second-order valence-electron chi connectivity index (χ2n) is 5.02. The highest BCUT2D eigenvalue weighted by molar-refractivity contribution is 7.92. The Balaban J connectivity index is 2.27. The number of benzene rings is 2. The Hall–Kier alpha value is -1.76. The molecule has 122 valence electrons. The van der Waals surface area contributed by atoms with Gasteiger partial charge in [-0.1, -0.05) is 29.3 Å². The number of hydrogen-bond donors (Lipinski definition) is 2. The monoisotopic (exact) mass is 372 g/mol. The van der Waals surface area contributed by atoms with Crippen molar-refractivity contribution in [2.45, 2.75) is 6.92 Å². The van der Waals surface area contributed by atoms with Crippen LogP contribution in [0.4, 0.5) is 11.4 Å². The summed E-state index contributed by atoms with van der Waals surface area (Å²) in [5, 5.41) is 3.46. The zero-order chi connectivity index (χ0) is 17.2. The highest BCUT2D eigenvalue weighted by atomic mass is 35.5. The number of rotatable bonds is 4. The predicted octanol–water partition coefficient (Wildman–Crippen LogP) is 3.93. The van der Waals surface area contributed by atoms with Gasteiger partial charge in [-0.15, -0.1) is 0 Å². The van der Waals surface area contributed by atoms with E-state index in [0.29, 0.717) is 32.5 Å². The molecule has 0 atom stereocenters. The SMILES string of the molecule is Cc1ccc(C(=O)Nc2cc(Cl)cc(Cl)c2)cc1NS(C)(=O)=O. The van der Waals surface area contributed by atoms with Crippen molar-refractivity contribution in [3.8, 4) is 0 Å². The highest BCUT2D eigenvalue weighted by Crippen LogP contribution is 2.24. The van der Waals surface area contributed by atoms with Crippen molar-refractivity contribution in [3.05, 3.63) is 57.6 Å². The Kier molecular flexibility index (Phi) is 5.19. The van der Waals surface area contributed by atoms with E-state index in [1.165, 1.54) is 6.07 Å². The number of hydrogen-bond acceptors (Lipinski definition) is 3. The van der Waals surface area contributed by atoms with Crippen LogP contribution in [0.3, 0.4) is 0 Å². The Bertz CT molecular complexity index is 847. The van der Waals surface area contributed by atoms with E-state index in [2.05, 4.69) is 10.0 Å². The molecule has 2 N–H and O–H groups in total. The molecule has 0 bridgehead atoms. The molecule has 0 radical (unpaired) electrons. The maximum absolute atomic E-state index is 12.3. The molecule has 0 saturated heterocycles. The lowest BCUT2D eigenvalue weighted by atomic mass is 10.1. The lowest BCUT2D eigenvalue weighted by molar-refractivity contribution is 0.102. The van der Waals surface area contributed by atoms with Gasteiger partial charge in [0.15, 0.2) is 0 Å². The molecular formula is C15H14Cl2N2O3S. The number of carbonyl (C=O) groups is 1. The summed E-state index contributed by atoms with van der Waals surface area (Å²) < 4.78 is 25.1. The van der Waals surface area contributed by atoms with Crippen LogP contribution in [0, 0.1) is 6.92 Å². The molecule has 8 heteroatoms. The molecule has 2 aromatic rings. The lowest BCUT2D eigenvalue weighted by Gasteiger charge is -2.11. The fourth-order valence-electron chi connectivity index (χ4n) is 1.90. The average molecular weight is 373 g/mol. The van der Waals surface area contributed by atoms with Crippen LogP contribution in [0.5, 0.6) is 0 Å². The van der Waals surface area contributed by atoms with Crippen molar-refractivity contribution in [2.75, 3.05) is 16.3 Å². The van der Waals surface area contributed by atoms with Crippen molar-refractivity contribution in [1.82, 2.24) is 0 Å². The van der Waals surface area contributed by atoms with Crippen LogP contribution in [0.1, 0.15) is 15.9 Å². The van der Waals surface area contributed by atoms with Crippen molar-refractivity contribution in [3.63, 3.8) is 0 Å². The van der Waals surface area contributed by atoms with Gasteiger partial charge in [0.05, 0.1) is 11.9 Å². The first-order valence-electron chi connectivity index (χ1n) is 6.50. The third-order valence-electron chi connectivity index (χ3n) is 2.92. The second kappa shape index (κ2) is 6.78. The average Bonchev–Trinajstić information content (AvgIpc) is 2.38. The number of amides is 1. The van der Waals surface area contributed by atoms with Gasteiger partial charge in [0.2, 0.25) is 10.0 Å². The Labute approximate surface area is 144 Å². The molecule has 0 unspecified atom stereocenters. The topological polar surface area (TPSA) is 75.3 Å². The molecule has 5 nitrogen and oxygen atoms in total. The standard InChI is InChI=1S/C15H14Cl2N2O3S/c1-9-3-4-10(5-14(9)19-23(2,21)22)15(20)18-13-7-11(16)6-12(17)8-13/h3-8,19H,1-2H3,(H,18,20). The summed E-state index contributed by atoms with van der Waals surface area (Å²) in [5.74, 6) is -0.403. The number of aryl methyl sites for hydroxylation is 1. The van der Waals surface area contributed by atoms with Gasteiger partial charge in [-0.05, 0) is 42.8 Å². The Morgan fingerprint density at radius 1 is 1.04 bits per heavy atom. The molecule has 0 aromatic heterocycles. The smallest absolute Gasteiger partial charge is 0.255 e. The number of anilines is 2. The third-order valence-corrected chi connectivity index (χ3v) is 3.94. The predicted molar refractivity (Wildman–Crippen MR) is 94.1 cm³/mol. The van der Waals surface area contributed by atoms with Crippen molar-refractivity contribution < 1.29 is 13.2 Å². The number of carbonyl (C=O) groups excluding carboxylic acids is 1. The molecule has 0 saturated carbocycles. The number of nitrogens with one attached hydrogen (secondary N) is 2. The maximum Gasteiger partial charge on any atom is 0.255 e. The van der Waals surface area contributed by atoms with Gasteiger partial charge >= 0.3 is 0 Å². The van der Waals surface area contributed by atoms with Gasteiger partial charge < -0.3 is 5.32 Å². The summed E-state index contributed by atoms with van der Waals surface area (Å²) >= 11 is 11.8. The third kappa shape index (κ3) is 5.13. The van der Waals surface area contributed by atoms with Crippen LogP contribution in [0.25, 0.3) is 0 Å². The molecule has 0 aliphatic rings. The first-order chi connectivity index (χ1) is 10.6. The summed E-state index contributed by atoms with van der Waals surface area (Å²) in [6, 6.07) is 9.42. The van der Waals surface area contributed by atoms with Crippen molar-refractivity contribution in [2.24, 2.45) is 0 Å². The maximum atomic E-state index is 12.3. The summed E-state index contributed by atoms with van der Waals surface area (Å²) in [6.07, 6.45) is 1.05. The fraction of sp³-hybridized carbons (Fsp3) is 0.133. The van der Waals surface area contributed by atoms with E-state index >= 15 is 0 Å². The minimum Gasteiger partial charge on any atom is -0.322 e. The minimum absolute atomic E-state index is 0.304. The summed E-state index contributed by atoms with van der Waals surface area (Å²) in [4.78, 5) is 12.3. The quantitative estimate of drug-likeness (QED) is 0.853. The van der Waals surface area contributed by atoms with Gasteiger partial charge in [-0.3, -0.25) is 9.52 Å². The Morgan fingerprint density at radius 2 is 1.65 bits per heavy atom. The molecule has 0 aliphatic heterocycles. The fourth-order valence-corrected chi connectivity index (χ4v) is 3.05. The molecular weight excluding hydrogens is 359 g/mol. The molecule has 0 fully saturated rings. The molecule has 0 aliphatic carbocycles. The molecule has 0 heterocycles. The first kappa shape index (κ1) is 17.6. The number of sulfonamides is 1. The van der Waals surface area contributed by atoms with Gasteiger partial charge in [0, 0.05) is 21.3 Å². The van der Waals surface area contributed by atoms with Crippen LogP contribution >= 0.6 is 23.2 Å². The zero-order valence-electron chi connectivity index (χ0n) is 12.4. The number of halogens is 2. The summed E-state index contributed by atoms with van der Waals surface area (Å²) in [5.41, 5.74) is 1.81. The summed E-state index contributed by atoms with van der Waals surface area (Å²) in [7, 11) is -3.43. The van der Waals surface area contributed by atoms with Crippen LogP contribution in [0.15, 0.2) is 36.4 Å². The van der Waals surface area contributed by atoms with Crippen LogP contribution in [-0.2, 0) is 10.0 Å². The van der Waals surface area contributed by atoms with E-state index in [-0.39, 0.29) is 0 Å². The van der Waals surface area contributed by atoms with E-state index in [0.717, 1.165) is 6.26 Å². The van der Waals surface area contributed by atoms with Crippen LogP contribution < -0.4 is 10.0 Å². The molecule has 1 amide bonds. The minimum atomic E-state index is -3.43. The van der Waals surface area contributed by atoms with E-state index in [9.17, 15) is 13.2 Å². The largest absolute Gasteiger partial charge is 0.322 e. The van der Waals surface area contributed by atoms with E-state index in [4.69, 9.17) is 23.2 Å². The second-order valence-corrected chi connectivity index (χ2v) is 7.64. The summed E-state index contributed by atoms with van der Waals surface area (Å²) in [6.45, 7) is 1.74.